The first-order valence-electron chi connectivity index (χ1n) is 8.53. The van der Waals surface area contributed by atoms with E-state index in [0.717, 1.165) is 5.56 Å². The fraction of sp³-hybridized carbons (Fsp3) is 0.353. The van der Waals surface area contributed by atoms with E-state index in [4.69, 9.17) is 10.5 Å². The third kappa shape index (κ3) is 3.30. The maximum Gasteiger partial charge on any atom is 0.280 e. The summed E-state index contributed by atoms with van der Waals surface area (Å²) in [5.41, 5.74) is 6.48. The number of hydrogen-bond acceptors (Lipinski definition) is 8. The van der Waals surface area contributed by atoms with Crippen LogP contribution in [0.4, 0.5) is 5.95 Å². The molecule has 0 amide bonds. The van der Waals surface area contributed by atoms with Gasteiger partial charge < -0.3 is 26.0 Å². The van der Waals surface area contributed by atoms with Crippen molar-refractivity contribution in [2.45, 2.75) is 31.1 Å². The minimum atomic E-state index is -1.20. The van der Waals surface area contributed by atoms with E-state index in [9.17, 15) is 15.0 Å². The average molecular weight is 372 g/mol. The number of aliphatic hydroxyl groups excluding tert-OH is 2. The maximum atomic E-state index is 11.9. The van der Waals surface area contributed by atoms with Crippen LogP contribution in [0.15, 0.2) is 41.5 Å². The summed E-state index contributed by atoms with van der Waals surface area (Å²) >= 11 is 0. The van der Waals surface area contributed by atoms with Gasteiger partial charge in [-0.1, -0.05) is 30.3 Å². The molecule has 3 heterocycles. The number of aromatic nitrogens is 4. The molecule has 6 N–H and O–H groups in total. The van der Waals surface area contributed by atoms with E-state index in [1.54, 1.807) is 0 Å². The van der Waals surface area contributed by atoms with Gasteiger partial charge in [-0.3, -0.25) is 14.3 Å². The molecule has 1 aliphatic rings. The minimum absolute atomic E-state index is 0.0663. The van der Waals surface area contributed by atoms with Crippen molar-refractivity contribution in [1.82, 2.24) is 24.8 Å². The van der Waals surface area contributed by atoms with Gasteiger partial charge in [0.15, 0.2) is 17.4 Å². The summed E-state index contributed by atoms with van der Waals surface area (Å²) in [7, 11) is 0. The number of hydrogen-bond donors (Lipinski definition) is 5. The second-order valence-electron chi connectivity index (χ2n) is 6.44. The van der Waals surface area contributed by atoms with Gasteiger partial charge in [0, 0.05) is 13.1 Å². The Bertz CT molecular complexity index is 988. The Labute approximate surface area is 153 Å². The van der Waals surface area contributed by atoms with Crippen molar-refractivity contribution in [3.63, 3.8) is 0 Å². The molecule has 1 saturated heterocycles. The summed E-state index contributed by atoms with van der Waals surface area (Å²) in [6, 6.07) is 9.81. The van der Waals surface area contributed by atoms with Gasteiger partial charge in [0.05, 0.1) is 6.33 Å². The highest BCUT2D eigenvalue weighted by atomic mass is 16.6. The zero-order valence-electron chi connectivity index (χ0n) is 14.3. The van der Waals surface area contributed by atoms with Crippen LogP contribution in [-0.4, -0.2) is 54.6 Å². The number of benzene rings is 1. The minimum Gasteiger partial charge on any atom is -0.387 e. The zero-order chi connectivity index (χ0) is 19.0. The fourth-order valence-electron chi connectivity index (χ4n) is 3.21. The van der Waals surface area contributed by atoms with Crippen LogP contribution in [-0.2, 0) is 11.3 Å². The first-order valence-corrected chi connectivity index (χ1v) is 8.53. The van der Waals surface area contributed by atoms with Crippen LogP contribution in [0, 0.1) is 0 Å². The number of aliphatic hydroxyl groups is 2. The summed E-state index contributed by atoms with van der Waals surface area (Å²) in [4.78, 5) is 22.3. The maximum absolute atomic E-state index is 11.9. The predicted octanol–water partition coefficient (Wildman–Crippen LogP) is -0.889. The van der Waals surface area contributed by atoms with Crippen molar-refractivity contribution < 1.29 is 14.9 Å². The Morgan fingerprint density at radius 3 is 2.81 bits per heavy atom. The Hall–Kier alpha value is -2.79. The lowest BCUT2D eigenvalue weighted by Gasteiger charge is -2.16. The topological polar surface area (TPSA) is 151 Å². The van der Waals surface area contributed by atoms with Crippen molar-refractivity contribution in [3.05, 3.63) is 52.6 Å². The van der Waals surface area contributed by atoms with E-state index < -0.39 is 30.1 Å². The van der Waals surface area contributed by atoms with Crippen LogP contribution < -0.4 is 16.6 Å². The van der Waals surface area contributed by atoms with E-state index in [1.165, 1.54) is 10.9 Å². The SMILES string of the molecule is Nc1nc2c(ncn2[C@@H]2O[C@H](CNCc3ccccc3)[C@@H](O)[C@H]2O)c(=O)[nH]1. The molecule has 1 aliphatic heterocycles. The highest BCUT2D eigenvalue weighted by molar-refractivity contribution is 5.70. The molecule has 0 aliphatic carbocycles. The number of H-pyrrole nitrogens is 1. The second kappa shape index (κ2) is 7.08. The zero-order valence-corrected chi connectivity index (χ0v) is 14.3. The number of anilines is 1. The molecule has 0 radical (unpaired) electrons. The average Bonchev–Trinajstić information content (AvgIpc) is 3.19. The molecule has 4 rings (SSSR count). The Morgan fingerprint density at radius 2 is 2.04 bits per heavy atom. The molecule has 142 valence electrons. The number of fused-ring (bicyclic) bond motifs is 1. The Kier molecular flexibility index (Phi) is 4.62. The number of rotatable bonds is 5. The van der Waals surface area contributed by atoms with E-state index >= 15 is 0 Å². The molecule has 3 aromatic rings. The summed E-state index contributed by atoms with van der Waals surface area (Å²) in [6.45, 7) is 0.946. The number of imidazole rings is 1. The monoisotopic (exact) mass is 372 g/mol. The van der Waals surface area contributed by atoms with Gasteiger partial charge in [-0.05, 0) is 5.56 Å². The summed E-state index contributed by atoms with van der Waals surface area (Å²) in [6.07, 6.45) is -2.52. The quantitative estimate of drug-likeness (QED) is 0.387. The largest absolute Gasteiger partial charge is 0.387 e. The van der Waals surface area contributed by atoms with Crippen molar-refractivity contribution in [2.75, 3.05) is 12.3 Å². The molecule has 0 saturated carbocycles. The third-order valence-corrected chi connectivity index (χ3v) is 4.58. The van der Waals surface area contributed by atoms with Crippen LogP contribution in [0.25, 0.3) is 11.2 Å². The smallest absolute Gasteiger partial charge is 0.280 e. The predicted molar refractivity (Wildman–Crippen MR) is 96.6 cm³/mol. The number of nitrogen functional groups attached to an aromatic ring is 1. The second-order valence-corrected chi connectivity index (χ2v) is 6.44. The number of nitrogens with one attached hydrogen (secondary N) is 2. The van der Waals surface area contributed by atoms with Crippen LogP contribution >= 0.6 is 0 Å². The van der Waals surface area contributed by atoms with Crippen LogP contribution in [0.1, 0.15) is 11.8 Å². The molecular formula is C17H20N6O4. The highest BCUT2D eigenvalue weighted by Gasteiger charge is 2.44. The van der Waals surface area contributed by atoms with Crippen molar-refractivity contribution in [2.24, 2.45) is 0 Å². The van der Waals surface area contributed by atoms with E-state index in [0.29, 0.717) is 13.1 Å². The van der Waals surface area contributed by atoms with Gasteiger partial charge >= 0.3 is 0 Å². The highest BCUT2D eigenvalue weighted by Crippen LogP contribution is 2.30. The third-order valence-electron chi connectivity index (χ3n) is 4.58. The van der Waals surface area contributed by atoms with Crippen molar-refractivity contribution in [3.8, 4) is 0 Å². The molecule has 1 fully saturated rings. The number of aromatic amines is 1. The molecule has 10 heteroatoms. The summed E-state index contributed by atoms with van der Waals surface area (Å²) in [5, 5.41) is 24.0. The summed E-state index contributed by atoms with van der Waals surface area (Å²) in [5.74, 6) is -0.0663. The molecule has 0 unspecified atom stereocenters. The van der Waals surface area contributed by atoms with E-state index in [-0.39, 0.29) is 17.1 Å². The number of nitrogens with two attached hydrogens (primary N) is 1. The van der Waals surface area contributed by atoms with E-state index in [2.05, 4.69) is 20.3 Å². The van der Waals surface area contributed by atoms with Gasteiger partial charge in [-0.15, -0.1) is 0 Å². The summed E-state index contributed by atoms with van der Waals surface area (Å²) < 4.78 is 7.23. The van der Waals surface area contributed by atoms with Crippen molar-refractivity contribution >= 4 is 17.1 Å². The molecule has 0 spiro atoms. The standard InChI is InChI=1S/C17H20N6O4/c18-17-21-14-11(15(26)22-17)20-8-23(14)16-13(25)12(24)10(27-16)7-19-6-9-4-2-1-3-5-9/h1-5,8,10,12-13,16,19,24-25H,6-7H2,(H3,18,21,22,26)/t10-,12-,13-,16-/m1/s1. The van der Waals surface area contributed by atoms with Crippen LogP contribution in [0.5, 0.6) is 0 Å². The molecule has 10 nitrogen and oxygen atoms in total. The molecule has 2 aromatic heterocycles. The van der Waals surface area contributed by atoms with Gasteiger partial charge in [-0.2, -0.15) is 4.98 Å². The van der Waals surface area contributed by atoms with Gasteiger partial charge in [0.2, 0.25) is 5.95 Å². The first-order chi connectivity index (χ1) is 13.0. The van der Waals surface area contributed by atoms with Crippen molar-refractivity contribution in [1.29, 1.82) is 0 Å². The van der Waals surface area contributed by atoms with Crippen LogP contribution in [0.3, 0.4) is 0 Å². The number of ether oxygens (including phenoxy) is 1. The van der Waals surface area contributed by atoms with Crippen LogP contribution in [0.2, 0.25) is 0 Å². The lowest BCUT2D eigenvalue weighted by molar-refractivity contribution is -0.0342. The van der Waals surface area contributed by atoms with Gasteiger partial charge in [0.1, 0.15) is 18.3 Å². The molecule has 0 bridgehead atoms. The Morgan fingerprint density at radius 1 is 1.26 bits per heavy atom. The molecular weight excluding hydrogens is 352 g/mol. The Balaban J connectivity index is 1.49. The fourth-order valence-corrected chi connectivity index (χ4v) is 3.21. The van der Waals surface area contributed by atoms with E-state index in [1.807, 2.05) is 30.3 Å². The molecule has 1 aromatic carbocycles. The first kappa shape index (κ1) is 17.6. The molecule has 27 heavy (non-hydrogen) atoms. The lowest BCUT2D eigenvalue weighted by atomic mass is 10.1. The molecule has 4 atom stereocenters. The lowest BCUT2D eigenvalue weighted by Crippen LogP contribution is -2.37. The number of nitrogens with zero attached hydrogens (tertiary/aromatic N) is 3. The normalized spacial score (nSPS) is 25.3. The van der Waals surface area contributed by atoms with Gasteiger partial charge in [0.25, 0.3) is 5.56 Å². The van der Waals surface area contributed by atoms with Gasteiger partial charge in [-0.25, -0.2) is 4.98 Å².